The minimum atomic E-state index is -1.55. The van der Waals surface area contributed by atoms with E-state index >= 15 is 0 Å². The number of nitrogens with zero attached hydrogens (tertiary/aromatic N) is 1. The number of nitrogens with two attached hydrogens (primary N) is 1. The van der Waals surface area contributed by atoms with Gasteiger partial charge >= 0.3 is 5.97 Å². The SMILES string of the molecule is CC(N)C(=O)NC(C(=O)OO)C1CC(O)N(O)C1=O. The molecule has 1 heterocycles. The number of carbonyl (C=O) groups is 3. The van der Waals surface area contributed by atoms with Crippen molar-refractivity contribution < 1.29 is 34.8 Å². The number of hydrogen-bond acceptors (Lipinski definition) is 8. The second-order valence-electron chi connectivity index (χ2n) is 4.19. The van der Waals surface area contributed by atoms with Crippen molar-refractivity contribution in [2.45, 2.75) is 31.7 Å². The fourth-order valence-electron chi connectivity index (χ4n) is 1.69. The molecule has 10 nitrogen and oxygen atoms in total. The first-order chi connectivity index (χ1) is 8.79. The number of aliphatic hydroxyl groups is 1. The van der Waals surface area contributed by atoms with Crippen LogP contribution in [0.4, 0.5) is 0 Å². The van der Waals surface area contributed by atoms with E-state index in [1.165, 1.54) is 6.92 Å². The molecule has 10 heteroatoms. The molecule has 0 aromatic rings. The number of hydroxylamine groups is 2. The van der Waals surface area contributed by atoms with Crippen molar-refractivity contribution in [1.82, 2.24) is 10.4 Å². The lowest BCUT2D eigenvalue weighted by Gasteiger charge is -2.20. The average Bonchev–Trinajstić information content (AvgIpc) is 2.62. The summed E-state index contributed by atoms with van der Waals surface area (Å²) in [6.45, 7) is 1.35. The molecule has 4 unspecified atom stereocenters. The van der Waals surface area contributed by atoms with Crippen molar-refractivity contribution in [2.24, 2.45) is 11.7 Å². The minimum Gasteiger partial charge on any atom is -0.371 e. The van der Waals surface area contributed by atoms with E-state index in [0.29, 0.717) is 0 Å². The van der Waals surface area contributed by atoms with Gasteiger partial charge in [0, 0.05) is 6.42 Å². The van der Waals surface area contributed by atoms with Gasteiger partial charge in [0.2, 0.25) is 5.91 Å². The van der Waals surface area contributed by atoms with Crippen LogP contribution in [0.1, 0.15) is 13.3 Å². The second-order valence-corrected chi connectivity index (χ2v) is 4.19. The van der Waals surface area contributed by atoms with Crippen LogP contribution >= 0.6 is 0 Å². The van der Waals surface area contributed by atoms with E-state index in [1.54, 1.807) is 0 Å². The lowest BCUT2D eigenvalue weighted by Crippen LogP contribution is -2.52. The monoisotopic (exact) mass is 277 g/mol. The van der Waals surface area contributed by atoms with E-state index in [-0.39, 0.29) is 11.5 Å². The molecule has 1 aliphatic heterocycles. The topological polar surface area (TPSA) is 162 Å². The molecular weight excluding hydrogens is 262 g/mol. The van der Waals surface area contributed by atoms with Gasteiger partial charge in [0.25, 0.3) is 5.91 Å². The number of carbonyl (C=O) groups excluding carboxylic acids is 3. The summed E-state index contributed by atoms with van der Waals surface area (Å²) in [5.41, 5.74) is 5.29. The van der Waals surface area contributed by atoms with Crippen molar-refractivity contribution in [3.8, 4) is 0 Å². The molecule has 1 aliphatic rings. The van der Waals surface area contributed by atoms with E-state index in [4.69, 9.17) is 16.2 Å². The van der Waals surface area contributed by atoms with Gasteiger partial charge in [-0.05, 0) is 6.92 Å². The fourth-order valence-corrected chi connectivity index (χ4v) is 1.69. The Labute approximate surface area is 107 Å². The third kappa shape index (κ3) is 3.17. The van der Waals surface area contributed by atoms with Crippen LogP contribution in [0.3, 0.4) is 0 Å². The number of nitrogens with one attached hydrogen (secondary N) is 1. The normalized spacial score (nSPS) is 25.9. The first-order valence-electron chi connectivity index (χ1n) is 5.40. The van der Waals surface area contributed by atoms with E-state index in [9.17, 15) is 19.5 Å². The van der Waals surface area contributed by atoms with Crippen LogP contribution in [0.2, 0.25) is 0 Å². The third-order valence-corrected chi connectivity index (χ3v) is 2.75. The fraction of sp³-hybridized carbons (Fsp3) is 0.667. The Bertz CT molecular complexity index is 386. The molecule has 2 amide bonds. The molecule has 0 bridgehead atoms. The van der Waals surface area contributed by atoms with E-state index < -0.39 is 42.0 Å². The second kappa shape index (κ2) is 5.93. The molecule has 0 aromatic carbocycles. The molecule has 0 aromatic heterocycles. The van der Waals surface area contributed by atoms with Gasteiger partial charge in [-0.3, -0.25) is 19.7 Å². The van der Waals surface area contributed by atoms with Crippen LogP contribution in [0, 0.1) is 5.92 Å². The van der Waals surface area contributed by atoms with Gasteiger partial charge in [-0.15, -0.1) is 0 Å². The van der Waals surface area contributed by atoms with Crippen LogP contribution in [-0.4, -0.2) is 56.7 Å². The standard InChI is InChI=1S/C9H15N3O7/c1-3(10)7(14)11-6(9(16)19-18)4-2-5(13)12(17)8(4)15/h3-6,13,17-18H,2,10H2,1H3,(H,11,14). The summed E-state index contributed by atoms with van der Waals surface area (Å²) in [4.78, 5) is 37.8. The lowest BCUT2D eigenvalue weighted by atomic mass is 9.97. The summed E-state index contributed by atoms with van der Waals surface area (Å²) >= 11 is 0. The predicted octanol–water partition coefficient (Wildman–Crippen LogP) is -2.61. The highest BCUT2D eigenvalue weighted by Gasteiger charge is 2.46. The zero-order chi connectivity index (χ0) is 14.7. The summed E-state index contributed by atoms with van der Waals surface area (Å²) in [5, 5.41) is 29.0. The highest BCUT2D eigenvalue weighted by molar-refractivity contribution is 5.92. The van der Waals surface area contributed by atoms with Gasteiger partial charge in [0.1, 0.15) is 6.04 Å². The summed E-state index contributed by atoms with van der Waals surface area (Å²) < 4.78 is 0. The number of amides is 2. The average molecular weight is 277 g/mol. The van der Waals surface area contributed by atoms with Crippen LogP contribution in [0.25, 0.3) is 0 Å². The van der Waals surface area contributed by atoms with Crippen molar-refractivity contribution in [1.29, 1.82) is 0 Å². The van der Waals surface area contributed by atoms with Crippen molar-refractivity contribution in [3.05, 3.63) is 0 Å². The molecule has 0 spiro atoms. The van der Waals surface area contributed by atoms with Gasteiger partial charge in [0.05, 0.1) is 12.0 Å². The molecule has 4 atom stereocenters. The smallest absolute Gasteiger partial charge is 0.364 e. The van der Waals surface area contributed by atoms with Gasteiger partial charge in [-0.2, -0.15) is 10.3 Å². The number of rotatable bonds is 4. The van der Waals surface area contributed by atoms with Gasteiger partial charge in [-0.1, -0.05) is 0 Å². The molecule has 108 valence electrons. The van der Waals surface area contributed by atoms with E-state index in [0.717, 1.165) is 0 Å². The van der Waals surface area contributed by atoms with Crippen molar-refractivity contribution in [3.63, 3.8) is 0 Å². The first kappa shape index (κ1) is 15.3. The van der Waals surface area contributed by atoms with Crippen molar-refractivity contribution in [2.75, 3.05) is 0 Å². The largest absolute Gasteiger partial charge is 0.371 e. The Morgan fingerprint density at radius 1 is 1.58 bits per heavy atom. The Balaban J connectivity index is 2.89. The summed E-state index contributed by atoms with van der Waals surface area (Å²) in [6.07, 6.45) is -1.81. The maximum atomic E-state index is 11.6. The highest BCUT2D eigenvalue weighted by Crippen LogP contribution is 2.25. The summed E-state index contributed by atoms with van der Waals surface area (Å²) in [7, 11) is 0. The predicted molar refractivity (Wildman–Crippen MR) is 57.0 cm³/mol. The molecule has 1 saturated heterocycles. The maximum absolute atomic E-state index is 11.6. The van der Waals surface area contributed by atoms with E-state index in [2.05, 4.69) is 10.2 Å². The number of aliphatic hydroxyl groups excluding tert-OH is 1. The molecule has 6 N–H and O–H groups in total. The molecule has 1 rings (SSSR count). The highest BCUT2D eigenvalue weighted by atomic mass is 17.1. The zero-order valence-electron chi connectivity index (χ0n) is 10.0. The third-order valence-electron chi connectivity index (χ3n) is 2.75. The van der Waals surface area contributed by atoms with Gasteiger partial charge in [0.15, 0.2) is 6.23 Å². The van der Waals surface area contributed by atoms with Gasteiger partial charge in [-0.25, -0.2) is 4.79 Å². The van der Waals surface area contributed by atoms with Gasteiger partial charge < -0.3 is 16.2 Å². The van der Waals surface area contributed by atoms with Crippen LogP contribution in [0.15, 0.2) is 0 Å². The minimum absolute atomic E-state index is 0.0420. The van der Waals surface area contributed by atoms with Crippen molar-refractivity contribution >= 4 is 17.8 Å². The van der Waals surface area contributed by atoms with Crippen LogP contribution < -0.4 is 11.1 Å². The first-order valence-corrected chi connectivity index (χ1v) is 5.40. The molecule has 1 fully saturated rings. The Hall–Kier alpha value is -1.75. The Morgan fingerprint density at radius 3 is 2.53 bits per heavy atom. The Morgan fingerprint density at radius 2 is 2.16 bits per heavy atom. The van der Waals surface area contributed by atoms with E-state index in [1.807, 2.05) is 0 Å². The van der Waals surface area contributed by atoms with Crippen LogP contribution in [0.5, 0.6) is 0 Å². The zero-order valence-corrected chi connectivity index (χ0v) is 10.0. The molecule has 0 aliphatic carbocycles. The quantitative estimate of drug-likeness (QED) is 0.212. The summed E-state index contributed by atoms with van der Waals surface area (Å²) in [5.74, 6) is -4.29. The summed E-state index contributed by atoms with van der Waals surface area (Å²) in [6, 6.07) is -2.51. The van der Waals surface area contributed by atoms with Crippen LogP contribution in [-0.2, 0) is 19.3 Å². The lowest BCUT2D eigenvalue weighted by molar-refractivity contribution is -0.238. The maximum Gasteiger partial charge on any atom is 0.364 e. The number of hydrogen-bond donors (Lipinski definition) is 5. The molecule has 0 radical (unpaired) electrons. The Kier molecular flexibility index (Phi) is 4.78. The molecular formula is C9H15N3O7. The molecule has 0 saturated carbocycles. The molecule has 19 heavy (non-hydrogen) atoms.